The van der Waals surface area contributed by atoms with Gasteiger partial charge in [-0.15, -0.1) is 10.2 Å². The highest BCUT2D eigenvalue weighted by Gasteiger charge is 2.28. The first kappa shape index (κ1) is 14.7. The van der Waals surface area contributed by atoms with Crippen LogP contribution in [0.5, 0.6) is 0 Å². The van der Waals surface area contributed by atoms with Gasteiger partial charge >= 0.3 is 0 Å². The fourth-order valence-corrected chi connectivity index (χ4v) is 2.15. The van der Waals surface area contributed by atoms with Crippen molar-refractivity contribution in [3.05, 3.63) is 17.8 Å². The molecular weight excluding hydrogens is 256 g/mol. The zero-order chi connectivity index (χ0) is 14.4. The second kappa shape index (κ2) is 6.65. The summed E-state index contributed by atoms with van der Waals surface area (Å²) < 4.78 is 5.35. The maximum absolute atomic E-state index is 12.0. The summed E-state index contributed by atoms with van der Waals surface area (Å²) in [7, 11) is 0. The summed E-state index contributed by atoms with van der Waals surface area (Å²) in [5.74, 6) is 0.508. The second-order valence-corrected chi connectivity index (χ2v) is 5.44. The standard InChI is InChI=1S/C14H22N4O2/c1-3-15-12-5-4-11(17-18-12)13(19)16-10-14(2)6-8-20-9-7-14/h4-5H,3,6-10H2,1-2H3,(H,15,18)(H,16,19). The average molecular weight is 278 g/mol. The van der Waals surface area contributed by atoms with Crippen LogP contribution in [0.25, 0.3) is 0 Å². The zero-order valence-electron chi connectivity index (χ0n) is 12.1. The van der Waals surface area contributed by atoms with E-state index in [2.05, 4.69) is 27.8 Å². The van der Waals surface area contributed by atoms with Crippen LogP contribution >= 0.6 is 0 Å². The molecule has 1 aromatic heterocycles. The largest absolute Gasteiger partial charge is 0.381 e. The van der Waals surface area contributed by atoms with Crippen molar-refractivity contribution >= 4 is 11.7 Å². The van der Waals surface area contributed by atoms with Crippen molar-refractivity contribution in [2.75, 3.05) is 31.6 Å². The fraction of sp³-hybridized carbons (Fsp3) is 0.643. The molecule has 1 aliphatic heterocycles. The van der Waals surface area contributed by atoms with E-state index in [9.17, 15) is 4.79 Å². The first-order chi connectivity index (χ1) is 9.63. The number of anilines is 1. The molecule has 2 rings (SSSR count). The lowest BCUT2D eigenvalue weighted by molar-refractivity contribution is 0.0238. The van der Waals surface area contributed by atoms with Crippen LogP contribution in [-0.4, -0.2) is 42.4 Å². The number of carbonyl (C=O) groups excluding carboxylic acids is 1. The third-order valence-corrected chi connectivity index (χ3v) is 3.63. The quantitative estimate of drug-likeness (QED) is 0.852. The van der Waals surface area contributed by atoms with Gasteiger partial charge in [-0.1, -0.05) is 6.92 Å². The number of nitrogens with one attached hydrogen (secondary N) is 2. The van der Waals surface area contributed by atoms with Crippen molar-refractivity contribution in [1.29, 1.82) is 0 Å². The molecule has 0 atom stereocenters. The van der Waals surface area contributed by atoms with Gasteiger partial charge in [-0.2, -0.15) is 0 Å². The third kappa shape index (κ3) is 3.90. The molecule has 20 heavy (non-hydrogen) atoms. The molecule has 1 aliphatic rings. The van der Waals surface area contributed by atoms with Gasteiger partial charge in [0.2, 0.25) is 0 Å². The van der Waals surface area contributed by atoms with Crippen LogP contribution < -0.4 is 10.6 Å². The molecule has 6 heteroatoms. The Morgan fingerprint density at radius 2 is 2.10 bits per heavy atom. The van der Waals surface area contributed by atoms with Crippen molar-refractivity contribution in [1.82, 2.24) is 15.5 Å². The molecule has 1 saturated heterocycles. The summed E-state index contributed by atoms with van der Waals surface area (Å²) in [4.78, 5) is 12.0. The van der Waals surface area contributed by atoms with Crippen molar-refractivity contribution in [2.24, 2.45) is 5.41 Å². The van der Waals surface area contributed by atoms with Gasteiger partial charge in [0, 0.05) is 26.3 Å². The molecule has 0 unspecified atom stereocenters. The molecule has 110 valence electrons. The number of amides is 1. The molecule has 0 saturated carbocycles. The number of hydrogen-bond donors (Lipinski definition) is 2. The van der Waals surface area contributed by atoms with E-state index >= 15 is 0 Å². The molecule has 0 radical (unpaired) electrons. The summed E-state index contributed by atoms with van der Waals surface area (Å²) in [5, 5.41) is 13.9. The Morgan fingerprint density at radius 3 is 2.70 bits per heavy atom. The summed E-state index contributed by atoms with van der Waals surface area (Å²) in [6, 6.07) is 3.45. The van der Waals surface area contributed by atoms with Gasteiger partial charge in [0.1, 0.15) is 5.82 Å². The van der Waals surface area contributed by atoms with Crippen LogP contribution in [0.3, 0.4) is 0 Å². The highest BCUT2D eigenvalue weighted by atomic mass is 16.5. The predicted octanol–water partition coefficient (Wildman–Crippen LogP) is 1.45. The molecule has 0 aliphatic carbocycles. The first-order valence-corrected chi connectivity index (χ1v) is 7.06. The van der Waals surface area contributed by atoms with E-state index in [-0.39, 0.29) is 11.3 Å². The van der Waals surface area contributed by atoms with Crippen LogP contribution in [-0.2, 0) is 4.74 Å². The maximum Gasteiger partial charge on any atom is 0.271 e. The van der Waals surface area contributed by atoms with E-state index in [1.807, 2.05) is 6.92 Å². The minimum absolute atomic E-state index is 0.116. The lowest BCUT2D eigenvalue weighted by Gasteiger charge is -2.33. The van der Waals surface area contributed by atoms with Crippen LogP contribution in [0.2, 0.25) is 0 Å². The molecule has 0 spiro atoms. The average Bonchev–Trinajstić information content (AvgIpc) is 2.47. The smallest absolute Gasteiger partial charge is 0.271 e. The number of ether oxygens (including phenoxy) is 1. The van der Waals surface area contributed by atoms with Crippen molar-refractivity contribution in [2.45, 2.75) is 26.7 Å². The Hall–Kier alpha value is -1.69. The molecule has 1 amide bonds. The lowest BCUT2D eigenvalue weighted by atomic mass is 9.82. The van der Waals surface area contributed by atoms with Crippen LogP contribution in [0.4, 0.5) is 5.82 Å². The summed E-state index contributed by atoms with van der Waals surface area (Å²) >= 11 is 0. The molecular formula is C14H22N4O2. The number of carbonyl (C=O) groups is 1. The molecule has 1 aromatic rings. The van der Waals surface area contributed by atoms with Crippen LogP contribution in [0.15, 0.2) is 12.1 Å². The Morgan fingerprint density at radius 1 is 1.35 bits per heavy atom. The summed E-state index contributed by atoms with van der Waals surface area (Å²) in [6.07, 6.45) is 1.94. The zero-order valence-corrected chi connectivity index (χ0v) is 12.1. The number of aromatic nitrogens is 2. The summed E-state index contributed by atoms with van der Waals surface area (Å²) in [5.41, 5.74) is 0.465. The highest BCUT2D eigenvalue weighted by molar-refractivity contribution is 5.92. The van der Waals surface area contributed by atoms with Crippen molar-refractivity contribution < 1.29 is 9.53 Å². The maximum atomic E-state index is 12.0. The van der Waals surface area contributed by atoms with Gasteiger partial charge < -0.3 is 15.4 Å². The second-order valence-electron chi connectivity index (χ2n) is 5.44. The van der Waals surface area contributed by atoms with Gasteiger partial charge in [-0.05, 0) is 37.3 Å². The van der Waals surface area contributed by atoms with E-state index in [0.717, 1.165) is 32.6 Å². The Balaban J connectivity index is 1.87. The number of rotatable bonds is 5. The molecule has 0 bridgehead atoms. The van der Waals surface area contributed by atoms with Crippen LogP contribution in [0, 0.1) is 5.41 Å². The molecule has 2 heterocycles. The first-order valence-electron chi connectivity index (χ1n) is 7.06. The molecule has 6 nitrogen and oxygen atoms in total. The van der Waals surface area contributed by atoms with Gasteiger partial charge in [0.05, 0.1) is 0 Å². The van der Waals surface area contributed by atoms with Gasteiger partial charge in [0.15, 0.2) is 5.69 Å². The Kier molecular flexibility index (Phi) is 4.89. The molecule has 1 fully saturated rings. The topological polar surface area (TPSA) is 76.1 Å². The van der Waals surface area contributed by atoms with E-state index in [1.54, 1.807) is 12.1 Å². The number of nitrogens with zero attached hydrogens (tertiary/aromatic N) is 2. The minimum atomic E-state index is -0.173. The fourth-order valence-electron chi connectivity index (χ4n) is 2.15. The molecule has 2 N–H and O–H groups in total. The van der Waals surface area contributed by atoms with Gasteiger partial charge in [0.25, 0.3) is 5.91 Å². The summed E-state index contributed by atoms with van der Waals surface area (Å²) in [6.45, 7) is 7.12. The third-order valence-electron chi connectivity index (χ3n) is 3.63. The lowest BCUT2D eigenvalue weighted by Crippen LogP contribution is -2.39. The van der Waals surface area contributed by atoms with E-state index in [0.29, 0.717) is 18.1 Å². The van der Waals surface area contributed by atoms with Crippen molar-refractivity contribution in [3.63, 3.8) is 0 Å². The number of hydrogen-bond acceptors (Lipinski definition) is 5. The monoisotopic (exact) mass is 278 g/mol. The van der Waals surface area contributed by atoms with E-state index in [4.69, 9.17) is 4.74 Å². The molecule has 0 aromatic carbocycles. The van der Waals surface area contributed by atoms with E-state index < -0.39 is 0 Å². The normalized spacial score (nSPS) is 17.5. The highest BCUT2D eigenvalue weighted by Crippen LogP contribution is 2.28. The van der Waals surface area contributed by atoms with Crippen LogP contribution in [0.1, 0.15) is 37.2 Å². The predicted molar refractivity (Wildman–Crippen MR) is 76.7 cm³/mol. The van der Waals surface area contributed by atoms with Crippen molar-refractivity contribution in [3.8, 4) is 0 Å². The SMILES string of the molecule is CCNc1ccc(C(=O)NCC2(C)CCOCC2)nn1. The van der Waals surface area contributed by atoms with E-state index in [1.165, 1.54) is 0 Å². The van der Waals surface area contributed by atoms with Gasteiger partial charge in [-0.25, -0.2) is 0 Å². The minimum Gasteiger partial charge on any atom is -0.381 e. The van der Waals surface area contributed by atoms with Gasteiger partial charge in [-0.3, -0.25) is 4.79 Å². The Labute approximate surface area is 119 Å². The Bertz CT molecular complexity index is 441.